The zero-order valence-corrected chi connectivity index (χ0v) is 13.3. The van der Waals surface area contributed by atoms with Crippen molar-refractivity contribution in [1.82, 2.24) is 4.72 Å². The number of sulfonamides is 1. The van der Waals surface area contributed by atoms with Gasteiger partial charge >= 0.3 is 0 Å². The van der Waals surface area contributed by atoms with Gasteiger partial charge in [0.2, 0.25) is 10.0 Å². The van der Waals surface area contributed by atoms with Crippen LogP contribution in [0.5, 0.6) is 0 Å². The normalized spacial score (nSPS) is 17.0. The van der Waals surface area contributed by atoms with Crippen molar-refractivity contribution in [2.24, 2.45) is 0 Å². The van der Waals surface area contributed by atoms with E-state index < -0.39 is 10.0 Å². The third kappa shape index (κ3) is 4.69. The van der Waals surface area contributed by atoms with Crippen molar-refractivity contribution in [3.8, 4) is 0 Å². The second-order valence-corrected chi connectivity index (χ2v) is 7.29. The Labute approximate surface area is 126 Å². The topological polar surface area (TPSA) is 81.4 Å². The standard InChI is InChI=1S/C15H24N2O3S/c1-12-11-13(16)7-8-15(12)21(18,19)17-9-10-20-14-5-3-2-4-6-14/h7-8,11,14,17H,2-6,9-10,16H2,1H3. The minimum absolute atomic E-state index is 0.273. The van der Waals surface area contributed by atoms with Crippen molar-refractivity contribution in [2.45, 2.75) is 50.0 Å². The maximum Gasteiger partial charge on any atom is 0.240 e. The smallest absolute Gasteiger partial charge is 0.240 e. The summed E-state index contributed by atoms with van der Waals surface area (Å²) >= 11 is 0. The summed E-state index contributed by atoms with van der Waals surface area (Å²) in [5, 5.41) is 0. The zero-order chi connectivity index (χ0) is 15.3. The number of benzene rings is 1. The lowest BCUT2D eigenvalue weighted by molar-refractivity contribution is 0.0321. The predicted octanol–water partition coefficient (Wildman–Crippen LogP) is 2.20. The average Bonchev–Trinajstić information content (AvgIpc) is 2.44. The molecule has 0 unspecified atom stereocenters. The molecule has 0 atom stereocenters. The third-order valence-electron chi connectivity index (χ3n) is 3.79. The molecule has 1 fully saturated rings. The van der Waals surface area contributed by atoms with Crippen LogP contribution >= 0.6 is 0 Å². The first-order chi connectivity index (χ1) is 9.99. The minimum Gasteiger partial charge on any atom is -0.399 e. The number of nitrogens with two attached hydrogens (primary N) is 1. The summed E-state index contributed by atoms with van der Waals surface area (Å²) in [6, 6.07) is 4.79. The van der Waals surface area contributed by atoms with E-state index in [0.29, 0.717) is 30.5 Å². The molecule has 1 saturated carbocycles. The summed E-state index contributed by atoms with van der Waals surface area (Å²) in [6.45, 7) is 2.45. The van der Waals surface area contributed by atoms with Crippen LogP contribution in [0.1, 0.15) is 37.7 Å². The molecule has 0 aromatic heterocycles. The van der Waals surface area contributed by atoms with Gasteiger partial charge in [-0.15, -0.1) is 0 Å². The van der Waals surface area contributed by atoms with E-state index in [1.165, 1.54) is 25.3 Å². The molecule has 0 heterocycles. The van der Waals surface area contributed by atoms with Crippen LogP contribution in [0.25, 0.3) is 0 Å². The second kappa shape index (κ2) is 7.24. The van der Waals surface area contributed by atoms with Crippen LogP contribution in [0.15, 0.2) is 23.1 Å². The molecule has 0 amide bonds. The van der Waals surface area contributed by atoms with E-state index >= 15 is 0 Å². The van der Waals surface area contributed by atoms with Crippen molar-refractivity contribution < 1.29 is 13.2 Å². The van der Waals surface area contributed by atoms with Crippen LogP contribution in [0.4, 0.5) is 5.69 Å². The Bertz CT molecular complexity index is 566. The van der Waals surface area contributed by atoms with E-state index in [4.69, 9.17) is 10.5 Å². The van der Waals surface area contributed by atoms with Gasteiger partial charge in [0.15, 0.2) is 0 Å². The molecule has 5 nitrogen and oxygen atoms in total. The van der Waals surface area contributed by atoms with Crippen LogP contribution in [0.3, 0.4) is 0 Å². The summed E-state index contributed by atoms with van der Waals surface area (Å²) in [7, 11) is -3.50. The molecule has 118 valence electrons. The SMILES string of the molecule is Cc1cc(N)ccc1S(=O)(=O)NCCOC1CCCCC1. The fourth-order valence-electron chi connectivity index (χ4n) is 2.69. The molecule has 0 bridgehead atoms. The second-order valence-electron chi connectivity index (χ2n) is 5.55. The Hall–Kier alpha value is -1.11. The quantitative estimate of drug-likeness (QED) is 0.623. The van der Waals surface area contributed by atoms with E-state index in [2.05, 4.69) is 4.72 Å². The lowest BCUT2D eigenvalue weighted by Gasteiger charge is -2.22. The highest BCUT2D eigenvalue weighted by Crippen LogP contribution is 2.20. The fraction of sp³-hybridized carbons (Fsp3) is 0.600. The summed E-state index contributed by atoms with van der Waals surface area (Å²) in [5.74, 6) is 0. The van der Waals surface area contributed by atoms with Gasteiger partial charge in [0.1, 0.15) is 0 Å². The molecule has 21 heavy (non-hydrogen) atoms. The Morgan fingerprint density at radius 1 is 1.29 bits per heavy atom. The number of nitrogen functional groups attached to an aromatic ring is 1. The van der Waals surface area contributed by atoms with Gasteiger partial charge in [0.05, 0.1) is 17.6 Å². The number of hydrogen-bond donors (Lipinski definition) is 2. The number of nitrogens with one attached hydrogen (secondary N) is 1. The number of rotatable bonds is 6. The highest BCUT2D eigenvalue weighted by molar-refractivity contribution is 7.89. The zero-order valence-electron chi connectivity index (χ0n) is 12.5. The molecule has 1 aromatic carbocycles. The Morgan fingerprint density at radius 3 is 2.67 bits per heavy atom. The van der Waals surface area contributed by atoms with Gasteiger partial charge < -0.3 is 10.5 Å². The van der Waals surface area contributed by atoms with Crippen molar-refractivity contribution in [3.63, 3.8) is 0 Å². The summed E-state index contributed by atoms with van der Waals surface area (Å²) in [4.78, 5) is 0.273. The van der Waals surface area contributed by atoms with E-state index in [0.717, 1.165) is 12.8 Å². The molecule has 1 aliphatic carbocycles. The van der Waals surface area contributed by atoms with Gasteiger partial charge in [-0.1, -0.05) is 19.3 Å². The number of aryl methyl sites for hydroxylation is 1. The van der Waals surface area contributed by atoms with Crippen molar-refractivity contribution in [3.05, 3.63) is 23.8 Å². The van der Waals surface area contributed by atoms with E-state index in [1.807, 2.05) is 0 Å². The first-order valence-electron chi connectivity index (χ1n) is 7.46. The summed E-state index contributed by atoms with van der Waals surface area (Å²) in [6.07, 6.45) is 6.17. The van der Waals surface area contributed by atoms with Crippen LogP contribution < -0.4 is 10.5 Å². The predicted molar refractivity (Wildman–Crippen MR) is 83.6 cm³/mol. The maximum absolute atomic E-state index is 12.2. The van der Waals surface area contributed by atoms with E-state index in [9.17, 15) is 8.42 Å². The highest BCUT2D eigenvalue weighted by atomic mass is 32.2. The van der Waals surface area contributed by atoms with Gasteiger partial charge in [-0.05, 0) is 43.5 Å². The van der Waals surface area contributed by atoms with Crippen molar-refractivity contribution in [2.75, 3.05) is 18.9 Å². The van der Waals surface area contributed by atoms with Gasteiger partial charge in [0, 0.05) is 12.2 Å². The fourth-order valence-corrected chi connectivity index (χ4v) is 3.92. The molecule has 0 aliphatic heterocycles. The number of anilines is 1. The van der Waals surface area contributed by atoms with Gasteiger partial charge in [-0.25, -0.2) is 13.1 Å². The van der Waals surface area contributed by atoms with Crippen LogP contribution in [-0.4, -0.2) is 27.7 Å². The highest BCUT2D eigenvalue weighted by Gasteiger charge is 2.17. The Balaban J connectivity index is 1.83. The van der Waals surface area contributed by atoms with Crippen molar-refractivity contribution in [1.29, 1.82) is 0 Å². The Kier molecular flexibility index (Phi) is 5.61. The third-order valence-corrected chi connectivity index (χ3v) is 5.41. The van der Waals surface area contributed by atoms with Gasteiger partial charge in [-0.3, -0.25) is 0 Å². The first-order valence-corrected chi connectivity index (χ1v) is 8.95. The lowest BCUT2D eigenvalue weighted by atomic mass is 9.98. The average molecular weight is 312 g/mol. The maximum atomic E-state index is 12.2. The monoisotopic (exact) mass is 312 g/mol. The molecule has 1 aromatic rings. The lowest BCUT2D eigenvalue weighted by Crippen LogP contribution is -2.30. The number of hydrogen-bond acceptors (Lipinski definition) is 4. The summed E-state index contributed by atoms with van der Waals surface area (Å²) in [5.41, 5.74) is 6.85. The van der Waals surface area contributed by atoms with E-state index in [-0.39, 0.29) is 4.90 Å². The van der Waals surface area contributed by atoms with Gasteiger partial charge in [-0.2, -0.15) is 0 Å². The molecular formula is C15H24N2O3S. The summed E-state index contributed by atoms with van der Waals surface area (Å²) < 4.78 is 32.7. The molecular weight excluding hydrogens is 288 g/mol. The molecule has 1 aliphatic rings. The molecule has 2 rings (SSSR count). The molecule has 0 radical (unpaired) electrons. The molecule has 0 saturated heterocycles. The van der Waals surface area contributed by atoms with Crippen LogP contribution in [-0.2, 0) is 14.8 Å². The molecule has 3 N–H and O–H groups in total. The van der Waals surface area contributed by atoms with Crippen LogP contribution in [0, 0.1) is 6.92 Å². The van der Waals surface area contributed by atoms with Crippen molar-refractivity contribution >= 4 is 15.7 Å². The van der Waals surface area contributed by atoms with Gasteiger partial charge in [0.25, 0.3) is 0 Å². The molecule has 0 spiro atoms. The number of ether oxygens (including phenoxy) is 1. The molecule has 6 heteroatoms. The Morgan fingerprint density at radius 2 is 2.00 bits per heavy atom. The largest absolute Gasteiger partial charge is 0.399 e. The minimum atomic E-state index is -3.50. The van der Waals surface area contributed by atoms with Crippen LogP contribution in [0.2, 0.25) is 0 Å². The first kappa shape index (κ1) is 16.3. The van der Waals surface area contributed by atoms with E-state index in [1.54, 1.807) is 19.1 Å².